The number of carbonyl (C=O) groups is 1. The third-order valence-electron chi connectivity index (χ3n) is 5.11. The third-order valence-corrected chi connectivity index (χ3v) is 5.11. The van der Waals surface area contributed by atoms with Gasteiger partial charge in [0.2, 0.25) is 0 Å². The van der Waals surface area contributed by atoms with Crippen molar-refractivity contribution in [3.8, 4) is 0 Å². The quantitative estimate of drug-likeness (QED) is 0.790. The van der Waals surface area contributed by atoms with Gasteiger partial charge in [0.25, 0.3) is 5.91 Å². The van der Waals surface area contributed by atoms with Gasteiger partial charge in [-0.2, -0.15) is 0 Å². The van der Waals surface area contributed by atoms with Gasteiger partial charge >= 0.3 is 0 Å². The van der Waals surface area contributed by atoms with Gasteiger partial charge < -0.3 is 14.8 Å². The molecule has 26 heavy (non-hydrogen) atoms. The lowest BCUT2D eigenvalue weighted by atomic mass is 10.0. The van der Waals surface area contributed by atoms with Crippen molar-refractivity contribution in [2.75, 3.05) is 18.0 Å². The predicted octanol–water partition coefficient (Wildman–Crippen LogP) is 2.68. The summed E-state index contributed by atoms with van der Waals surface area (Å²) in [5, 5.41) is 4.33. The molecule has 1 fully saturated rings. The number of hydrogen-bond acceptors (Lipinski definition) is 4. The number of fused-ring (bicyclic) bond motifs is 1. The van der Waals surface area contributed by atoms with Crippen molar-refractivity contribution in [1.82, 2.24) is 19.9 Å². The fourth-order valence-corrected chi connectivity index (χ4v) is 3.58. The first-order chi connectivity index (χ1) is 12.6. The minimum absolute atomic E-state index is 0.0527. The molecule has 0 saturated carbocycles. The number of benzene rings is 1. The Kier molecular flexibility index (Phi) is 4.32. The smallest absolute Gasteiger partial charge is 0.269 e. The van der Waals surface area contributed by atoms with Crippen LogP contribution in [0.3, 0.4) is 0 Å². The molecule has 0 unspecified atom stereocenters. The van der Waals surface area contributed by atoms with E-state index in [4.69, 9.17) is 4.98 Å². The fourth-order valence-electron chi connectivity index (χ4n) is 3.58. The van der Waals surface area contributed by atoms with E-state index in [1.807, 2.05) is 19.2 Å². The summed E-state index contributed by atoms with van der Waals surface area (Å²) in [4.78, 5) is 23.5. The van der Waals surface area contributed by atoms with Gasteiger partial charge in [0, 0.05) is 31.6 Å². The zero-order valence-corrected chi connectivity index (χ0v) is 15.1. The van der Waals surface area contributed by atoms with Crippen molar-refractivity contribution in [2.45, 2.75) is 25.8 Å². The normalized spacial score (nSPS) is 15.4. The molecule has 3 aromatic rings. The largest absolute Gasteiger partial charge is 0.356 e. The summed E-state index contributed by atoms with van der Waals surface area (Å²) in [7, 11) is 1.83. The minimum Gasteiger partial charge on any atom is -0.356 e. The molecule has 4 rings (SSSR count). The van der Waals surface area contributed by atoms with Crippen LogP contribution in [0.5, 0.6) is 0 Å². The number of rotatable bonds is 3. The van der Waals surface area contributed by atoms with Crippen LogP contribution >= 0.6 is 0 Å². The summed E-state index contributed by atoms with van der Waals surface area (Å²) < 4.78 is 1.74. The molecule has 0 radical (unpaired) electrons. The number of piperidine rings is 1. The molecule has 134 valence electrons. The number of imidazole rings is 1. The van der Waals surface area contributed by atoms with E-state index >= 15 is 0 Å². The van der Waals surface area contributed by atoms with E-state index in [0.29, 0.717) is 5.69 Å². The van der Waals surface area contributed by atoms with Gasteiger partial charge in [-0.15, -0.1) is 0 Å². The molecule has 3 heterocycles. The number of amides is 1. The molecule has 0 atom stereocenters. The Hall–Kier alpha value is -2.89. The highest BCUT2D eigenvalue weighted by molar-refractivity contribution is 5.92. The molecule has 2 aromatic heterocycles. The molecule has 1 aliphatic rings. The zero-order chi connectivity index (χ0) is 18.1. The molecule has 6 heteroatoms. The Morgan fingerprint density at radius 3 is 2.73 bits per heavy atom. The van der Waals surface area contributed by atoms with Crippen LogP contribution in [0.15, 0.2) is 42.9 Å². The zero-order valence-electron chi connectivity index (χ0n) is 15.1. The SMILES string of the molecule is Cc1cc(N2CCC(NC(=O)c3cncn3C)CC2)nc2ccccc12. The lowest BCUT2D eigenvalue weighted by Crippen LogP contribution is -2.45. The number of anilines is 1. The third kappa shape index (κ3) is 3.14. The van der Waals surface area contributed by atoms with Crippen LogP contribution in [-0.2, 0) is 7.05 Å². The second-order valence-corrected chi connectivity index (χ2v) is 6.94. The van der Waals surface area contributed by atoms with Gasteiger partial charge in [-0.05, 0) is 37.5 Å². The molecule has 0 spiro atoms. The van der Waals surface area contributed by atoms with Crippen LogP contribution in [-0.4, -0.2) is 39.6 Å². The number of aryl methyl sites for hydroxylation is 2. The molecule has 1 amide bonds. The summed E-state index contributed by atoms with van der Waals surface area (Å²) in [6, 6.07) is 10.6. The summed E-state index contributed by atoms with van der Waals surface area (Å²) >= 11 is 0. The van der Waals surface area contributed by atoms with E-state index in [2.05, 4.69) is 40.3 Å². The van der Waals surface area contributed by atoms with Crippen molar-refractivity contribution < 1.29 is 4.79 Å². The summed E-state index contributed by atoms with van der Waals surface area (Å²) in [6.45, 7) is 3.91. The Morgan fingerprint density at radius 2 is 2.00 bits per heavy atom. The highest BCUT2D eigenvalue weighted by atomic mass is 16.2. The molecule has 1 aliphatic heterocycles. The number of nitrogens with one attached hydrogen (secondary N) is 1. The fraction of sp³-hybridized carbons (Fsp3) is 0.350. The standard InChI is InChI=1S/C20H23N5O/c1-14-11-19(23-17-6-4-3-5-16(14)17)25-9-7-15(8-10-25)22-20(26)18-12-21-13-24(18)2/h3-6,11-13,15H,7-10H2,1-2H3,(H,22,26). The molecule has 1 aromatic carbocycles. The van der Waals surface area contributed by atoms with Gasteiger partial charge in [0.15, 0.2) is 0 Å². The monoisotopic (exact) mass is 349 g/mol. The Balaban J connectivity index is 1.42. The van der Waals surface area contributed by atoms with E-state index in [1.165, 1.54) is 10.9 Å². The molecule has 6 nitrogen and oxygen atoms in total. The maximum atomic E-state index is 12.3. The molecular formula is C20H23N5O. The Labute approximate surface area is 152 Å². The van der Waals surface area contributed by atoms with Crippen molar-refractivity contribution in [3.05, 3.63) is 54.1 Å². The average Bonchev–Trinajstić information content (AvgIpc) is 3.08. The van der Waals surface area contributed by atoms with Gasteiger partial charge in [-0.25, -0.2) is 9.97 Å². The molecular weight excluding hydrogens is 326 g/mol. The number of aromatic nitrogens is 3. The molecule has 1 saturated heterocycles. The molecule has 0 aliphatic carbocycles. The van der Waals surface area contributed by atoms with Gasteiger partial charge in [-0.3, -0.25) is 4.79 Å². The van der Waals surface area contributed by atoms with Crippen LogP contribution < -0.4 is 10.2 Å². The highest BCUT2D eigenvalue weighted by Gasteiger charge is 2.23. The Morgan fingerprint density at radius 1 is 1.23 bits per heavy atom. The summed E-state index contributed by atoms with van der Waals surface area (Å²) in [6.07, 6.45) is 5.08. The Bertz CT molecular complexity index is 940. The van der Waals surface area contributed by atoms with Crippen molar-refractivity contribution in [2.24, 2.45) is 7.05 Å². The second-order valence-electron chi connectivity index (χ2n) is 6.94. The summed E-state index contributed by atoms with van der Waals surface area (Å²) in [5.74, 6) is 0.973. The van der Waals surface area contributed by atoms with Crippen LogP contribution in [0, 0.1) is 6.92 Å². The van der Waals surface area contributed by atoms with Crippen LogP contribution in [0.4, 0.5) is 5.82 Å². The maximum absolute atomic E-state index is 12.3. The second kappa shape index (κ2) is 6.78. The summed E-state index contributed by atoms with van der Waals surface area (Å²) in [5.41, 5.74) is 2.88. The van der Waals surface area contributed by atoms with E-state index in [-0.39, 0.29) is 11.9 Å². The van der Waals surface area contributed by atoms with Crippen molar-refractivity contribution in [1.29, 1.82) is 0 Å². The maximum Gasteiger partial charge on any atom is 0.269 e. The van der Waals surface area contributed by atoms with Gasteiger partial charge in [0.1, 0.15) is 11.5 Å². The first kappa shape index (κ1) is 16.6. The topological polar surface area (TPSA) is 63.1 Å². The van der Waals surface area contributed by atoms with Crippen molar-refractivity contribution in [3.63, 3.8) is 0 Å². The highest BCUT2D eigenvalue weighted by Crippen LogP contribution is 2.24. The van der Waals surface area contributed by atoms with E-state index in [0.717, 1.165) is 37.3 Å². The van der Waals surface area contributed by atoms with Crippen molar-refractivity contribution >= 4 is 22.6 Å². The van der Waals surface area contributed by atoms with Crippen LogP contribution in [0.2, 0.25) is 0 Å². The molecule has 1 N–H and O–H groups in total. The van der Waals surface area contributed by atoms with E-state index in [9.17, 15) is 4.79 Å². The number of para-hydroxylation sites is 1. The number of hydrogen-bond donors (Lipinski definition) is 1. The average molecular weight is 349 g/mol. The number of carbonyl (C=O) groups excluding carboxylic acids is 1. The van der Waals surface area contributed by atoms with E-state index < -0.39 is 0 Å². The van der Waals surface area contributed by atoms with E-state index in [1.54, 1.807) is 17.1 Å². The first-order valence-electron chi connectivity index (χ1n) is 9.00. The predicted molar refractivity (Wildman–Crippen MR) is 102 cm³/mol. The number of nitrogens with zero attached hydrogens (tertiary/aromatic N) is 4. The van der Waals surface area contributed by atoms with Crippen LogP contribution in [0.25, 0.3) is 10.9 Å². The lowest BCUT2D eigenvalue weighted by molar-refractivity contribution is 0.0923. The van der Waals surface area contributed by atoms with Gasteiger partial charge in [0.05, 0.1) is 18.0 Å². The number of pyridine rings is 1. The van der Waals surface area contributed by atoms with Gasteiger partial charge in [-0.1, -0.05) is 18.2 Å². The first-order valence-corrected chi connectivity index (χ1v) is 9.00. The molecule has 0 bridgehead atoms. The lowest BCUT2D eigenvalue weighted by Gasteiger charge is -2.33. The van der Waals surface area contributed by atoms with Crippen LogP contribution in [0.1, 0.15) is 28.9 Å². The minimum atomic E-state index is -0.0527.